The molecule has 5 heteroatoms. The zero-order chi connectivity index (χ0) is 19.2. The average molecular weight is 366 g/mol. The minimum atomic E-state index is -0.0368. The van der Waals surface area contributed by atoms with Crippen molar-refractivity contribution in [2.75, 3.05) is 13.1 Å². The average Bonchev–Trinajstić information content (AvgIpc) is 2.68. The molecule has 0 radical (unpaired) electrons. The lowest BCUT2D eigenvalue weighted by Crippen LogP contribution is -2.45. The number of aromatic hydroxyl groups is 1. The summed E-state index contributed by atoms with van der Waals surface area (Å²) < 4.78 is 0. The zero-order valence-corrected chi connectivity index (χ0v) is 15.6. The van der Waals surface area contributed by atoms with E-state index in [1.807, 2.05) is 41.3 Å². The van der Waals surface area contributed by atoms with Gasteiger partial charge in [-0.25, -0.2) is 0 Å². The SMILES string of the molecule is CC(=O)NCCC1CCCCN1C(=O)c1cccc(-c2ccc(O)cc2)c1. The number of carbonyl (C=O) groups excluding carboxylic acids is 2. The lowest BCUT2D eigenvalue weighted by Gasteiger charge is -2.36. The van der Waals surface area contributed by atoms with Gasteiger partial charge in [0.25, 0.3) is 5.91 Å². The van der Waals surface area contributed by atoms with Crippen molar-refractivity contribution in [3.05, 3.63) is 54.1 Å². The van der Waals surface area contributed by atoms with E-state index in [2.05, 4.69) is 5.32 Å². The summed E-state index contributed by atoms with van der Waals surface area (Å²) >= 11 is 0. The smallest absolute Gasteiger partial charge is 0.254 e. The number of likely N-dealkylation sites (tertiary alicyclic amines) is 1. The molecule has 0 spiro atoms. The largest absolute Gasteiger partial charge is 0.508 e. The summed E-state index contributed by atoms with van der Waals surface area (Å²) in [6.07, 6.45) is 3.88. The van der Waals surface area contributed by atoms with Crippen molar-refractivity contribution in [1.29, 1.82) is 0 Å². The third-order valence-corrected chi connectivity index (χ3v) is 5.05. The Morgan fingerprint density at radius 3 is 2.63 bits per heavy atom. The summed E-state index contributed by atoms with van der Waals surface area (Å²) in [6, 6.07) is 14.8. The Morgan fingerprint density at radius 2 is 1.89 bits per heavy atom. The molecule has 1 saturated heterocycles. The highest BCUT2D eigenvalue weighted by Crippen LogP contribution is 2.26. The van der Waals surface area contributed by atoms with E-state index in [4.69, 9.17) is 0 Å². The first kappa shape index (κ1) is 19.0. The highest BCUT2D eigenvalue weighted by molar-refractivity contribution is 5.95. The van der Waals surface area contributed by atoms with Crippen molar-refractivity contribution in [3.8, 4) is 16.9 Å². The number of amides is 2. The van der Waals surface area contributed by atoms with Crippen molar-refractivity contribution in [1.82, 2.24) is 10.2 Å². The molecule has 0 saturated carbocycles. The van der Waals surface area contributed by atoms with E-state index < -0.39 is 0 Å². The summed E-state index contributed by atoms with van der Waals surface area (Å²) in [5, 5.41) is 12.3. The highest BCUT2D eigenvalue weighted by Gasteiger charge is 2.27. The summed E-state index contributed by atoms with van der Waals surface area (Å²) in [7, 11) is 0. The fourth-order valence-corrected chi connectivity index (χ4v) is 3.63. The van der Waals surface area contributed by atoms with Gasteiger partial charge in [0.2, 0.25) is 5.91 Å². The van der Waals surface area contributed by atoms with Gasteiger partial charge in [-0.2, -0.15) is 0 Å². The van der Waals surface area contributed by atoms with Crippen molar-refractivity contribution in [3.63, 3.8) is 0 Å². The predicted molar refractivity (Wildman–Crippen MR) is 106 cm³/mol. The maximum absolute atomic E-state index is 13.1. The molecule has 2 aromatic carbocycles. The van der Waals surface area contributed by atoms with Gasteiger partial charge >= 0.3 is 0 Å². The fourth-order valence-electron chi connectivity index (χ4n) is 3.63. The summed E-state index contributed by atoms with van der Waals surface area (Å²) in [4.78, 5) is 26.2. The van der Waals surface area contributed by atoms with Crippen LogP contribution in [0.2, 0.25) is 0 Å². The Kier molecular flexibility index (Phi) is 6.12. The second kappa shape index (κ2) is 8.71. The molecule has 0 aromatic heterocycles. The van der Waals surface area contributed by atoms with Crippen LogP contribution in [0.15, 0.2) is 48.5 Å². The van der Waals surface area contributed by atoms with Gasteiger partial charge in [-0.15, -0.1) is 0 Å². The normalized spacial score (nSPS) is 16.8. The van der Waals surface area contributed by atoms with E-state index >= 15 is 0 Å². The number of hydrogen-bond donors (Lipinski definition) is 2. The third kappa shape index (κ3) is 4.88. The molecule has 1 heterocycles. The second-order valence-corrected chi connectivity index (χ2v) is 7.05. The molecular formula is C22H26N2O3. The Labute approximate surface area is 160 Å². The maximum atomic E-state index is 13.1. The topological polar surface area (TPSA) is 69.6 Å². The molecule has 1 aliphatic rings. The van der Waals surface area contributed by atoms with Crippen LogP contribution in [0.25, 0.3) is 11.1 Å². The number of nitrogens with one attached hydrogen (secondary N) is 1. The molecule has 1 aliphatic heterocycles. The Balaban J connectivity index is 1.76. The number of benzene rings is 2. The number of hydrogen-bond acceptors (Lipinski definition) is 3. The van der Waals surface area contributed by atoms with Gasteiger partial charge in [-0.3, -0.25) is 9.59 Å². The van der Waals surface area contributed by atoms with Crippen LogP contribution in [0, 0.1) is 0 Å². The summed E-state index contributed by atoms with van der Waals surface area (Å²) in [5.41, 5.74) is 2.59. The van der Waals surface area contributed by atoms with Gasteiger partial charge in [0, 0.05) is 31.6 Å². The van der Waals surface area contributed by atoms with Crippen molar-refractivity contribution in [2.45, 2.75) is 38.6 Å². The predicted octanol–water partition coefficient (Wildman–Crippen LogP) is 3.58. The van der Waals surface area contributed by atoms with Crippen LogP contribution >= 0.6 is 0 Å². The highest BCUT2D eigenvalue weighted by atomic mass is 16.3. The van der Waals surface area contributed by atoms with Gasteiger partial charge < -0.3 is 15.3 Å². The van der Waals surface area contributed by atoms with Crippen LogP contribution < -0.4 is 5.32 Å². The number of carbonyl (C=O) groups is 2. The van der Waals surface area contributed by atoms with E-state index in [0.29, 0.717) is 12.1 Å². The van der Waals surface area contributed by atoms with Crippen molar-refractivity contribution >= 4 is 11.8 Å². The molecule has 1 atom stereocenters. The number of piperidine rings is 1. The molecule has 2 N–H and O–H groups in total. The molecule has 1 fully saturated rings. The van der Waals surface area contributed by atoms with Crippen LogP contribution in [0.3, 0.4) is 0 Å². The molecule has 142 valence electrons. The number of phenols is 1. The van der Waals surface area contributed by atoms with E-state index in [9.17, 15) is 14.7 Å². The lowest BCUT2D eigenvalue weighted by molar-refractivity contribution is -0.119. The standard InChI is InChI=1S/C22H26N2O3/c1-16(25)23-13-12-20-7-2-3-14-24(20)22(27)19-6-4-5-18(15-19)17-8-10-21(26)11-9-17/h4-6,8-11,15,20,26H,2-3,7,12-14H2,1H3,(H,23,25). The Morgan fingerprint density at radius 1 is 1.11 bits per heavy atom. The van der Waals surface area contributed by atoms with Crippen LogP contribution in [-0.4, -0.2) is 41.0 Å². The molecular weight excluding hydrogens is 340 g/mol. The second-order valence-electron chi connectivity index (χ2n) is 7.05. The fraction of sp³-hybridized carbons (Fsp3) is 0.364. The van der Waals surface area contributed by atoms with Crippen LogP contribution in [0.4, 0.5) is 0 Å². The minimum absolute atomic E-state index is 0.0368. The first-order valence-corrected chi connectivity index (χ1v) is 9.49. The number of phenolic OH excluding ortho intramolecular Hbond substituents is 1. The van der Waals surface area contributed by atoms with Gasteiger partial charge in [0.15, 0.2) is 0 Å². The van der Waals surface area contributed by atoms with E-state index in [1.165, 1.54) is 6.92 Å². The third-order valence-electron chi connectivity index (χ3n) is 5.05. The van der Waals surface area contributed by atoms with Gasteiger partial charge in [0.05, 0.1) is 0 Å². The zero-order valence-electron chi connectivity index (χ0n) is 15.6. The quantitative estimate of drug-likeness (QED) is 0.850. The first-order chi connectivity index (χ1) is 13.0. The molecule has 5 nitrogen and oxygen atoms in total. The monoisotopic (exact) mass is 366 g/mol. The van der Waals surface area contributed by atoms with E-state index in [-0.39, 0.29) is 23.6 Å². The number of nitrogens with zero attached hydrogens (tertiary/aromatic N) is 1. The maximum Gasteiger partial charge on any atom is 0.254 e. The molecule has 2 amide bonds. The minimum Gasteiger partial charge on any atom is -0.508 e. The number of rotatable bonds is 5. The Bertz CT molecular complexity index is 801. The van der Waals surface area contributed by atoms with Crippen LogP contribution in [0.1, 0.15) is 43.0 Å². The van der Waals surface area contributed by atoms with Gasteiger partial charge in [0.1, 0.15) is 5.75 Å². The Hall–Kier alpha value is -2.82. The van der Waals surface area contributed by atoms with Gasteiger partial charge in [-0.05, 0) is 61.1 Å². The molecule has 0 aliphatic carbocycles. The van der Waals surface area contributed by atoms with Crippen LogP contribution in [0.5, 0.6) is 5.75 Å². The molecule has 3 rings (SSSR count). The van der Waals surface area contributed by atoms with Gasteiger partial charge in [-0.1, -0.05) is 24.3 Å². The molecule has 2 aromatic rings. The summed E-state index contributed by atoms with van der Waals surface area (Å²) in [5.74, 6) is 0.231. The molecule has 0 bridgehead atoms. The van der Waals surface area contributed by atoms with E-state index in [1.54, 1.807) is 12.1 Å². The van der Waals surface area contributed by atoms with Crippen LogP contribution in [-0.2, 0) is 4.79 Å². The van der Waals surface area contributed by atoms with Crippen molar-refractivity contribution in [2.24, 2.45) is 0 Å². The van der Waals surface area contributed by atoms with Crippen molar-refractivity contribution < 1.29 is 14.7 Å². The first-order valence-electron chi connectivity index (χ1n) is 9.49. The van der Waals surface area contributed by atoms with E-state index in [0.717, 1.165) is 43.4 Å². The lowest BCUT2D eigenvalue weighted by atomic mass is 9.97. The molecule has 1 unspecified atom stereocenters. The summed E-state index contributed by atoms with van der Waals surface area (Å²) in [6.45, 7) is 2.86. The molecule has 27 heavy (non-hydrogen) atoms.